The molecule has 0 unspecified atom stereocenters. The van der Waals surface area contributed by atoms with Crippen LogP contribution < -0.4 is 4.90 Å². The molecular weight excluding hydrogens is 350 g/mol. The zero-order chi connectivity index (χ0) is 17.9. The van der Waals surface area contributed by atoms with Crippen molar-refractivity contribution < 1.29 is 4.79 Å². The van der Waals surface area contributed by atoms with Crippen LogP contribution in [-0.2, 0) is 11.8 Å². The van der Waals surface area contributed by atoms with Crippen LogP contribution in [0.15, 0.2) is 41.7 Å². The molecule has 0 aliphatic carbocycles. The predicted octanol–water partition coefficient (Wildman–Crippen LogP) is 1.20. The van der Waals surface area contributed by atoms with Crippen molar-refractivity contribution in [3.8, 4) is 0 Å². The Hall–Kier alpha value is -2.68. The van der Waals surface area contributed by atoms with Crippen LogP contribution in [0.5, 0.6) is 0 Å². The molecule has 3 heterocycles. The molecule has 1 amide bonds. The number of hydrogen-bond acceptors (Lipinski definition) is 7. The van der Waals surface area contributed by atoms with Gasteiger partial charge >= 0.3 is 0 Å². The first kappa shape index (κ1) is 16.8. The van der Waals surface area contributed by atoms with Gasteiger partial charge in [-0.15, -0.1) is 5.10 Å². The number of piperazine rings is 1. The zero-order valence-electron chi connectivity index (χ0n) is 14.4. The van der Waals surface area contributed by atoms with Crippen LogP contribution >= 0.6 is 11.8 Å². The van der Waals surface area contributed by atoms with Crippen molar-refractivity contribution in [2.75, 3.05) is 36.8 Å². The summed E-state index contributed by atoms with van der Waals surface area (Å²) in [6.45, 7) is 3.17. The van der Waals surface area contributed by atoms with Crippen molar-refractivity contribution in [1.29, 1.82) is 0 Å². The van der Waals surface area contributed by atoms with Crippen molar-refractivity contribution in [2.24, 2.45) is 7.05 Å². The van der Waals surface area contributed by atoms with Crippen molar-refractivity contribution in [3.05, 3.63) is 36.7 Å². The summed E-state index contributed by atoms with van der Waals surface area (Å²) in [5.41, 5.74) is 2.52. The van der Waals surface area contributed by atoms with Gasteiger partial charge in [-0.1, -0.05) is 35.2 Å². The summed E-state index contributed by atoms with van der Waals surface area (Å²) in [5, 5.41) is 8.74. The lowest BCUT2D eigenvalue weighted by molar-refractivity contribution is -0.128. The molecule has 1 fully saturated rings. The molecule has 0 saturated carbocycles. The average Bonchev–Trinajstić information content (AvgIpc) is 3.08. The number of aromatic nitrogens is 5. The predicted molar refractivity (Wildman–Crippen MR) is 100 cm³/mol. The highest BCUT2D eigenvalue weighted by Crippen LogP contribution is 2.23. The van der Waals surface area contributed by atoms with E-state index in [4.69, 9.17) is 0 Å². The number of benzene rings is 1. The maximum atomic E-state index is 12.6. The first-order chi connectivity index (χ1) is 12.7. The summed E-state index contributed by atoms with van der Waals surface area (Å²) in [7, 11) is 1.79. The van der Waals surface area contributed by atoms with E-state index in [-0.39, 0.29) is 5.91 Å². The Balaban J connectivity index is 1.34. The average molecular weight is 369 g/mol. The minimum absolute atomic E-state index is 0.123. The summed E-state index contributed by atoms with van der Waals surface area (Å²) in [6, 6.07) is 10.3. The number of carbonyl (C=O) groups is 1. The van der Waals surface area contributed by atoms with E-state index in [1.165, 1.54) is 23.8 Å². The normalized spacial score (nSPS) is 14.8. The van der Waals surface area contributed by atoms with Crippen LogP contribution in [0.2, 0.25) is 0 Å². The summed E-state index contributed by atoms with van der Waals surface area (Å²) in [6.07, 6.45) is 1.48. The van der Waals surface area contributed by atoms with E-state index in [1.807, 2.05) is 23.1 Å². The number of aryl methyl sites for hydroxylation is 1. The minimum Gasteiger partial charge on any atom is -0.368 e. The van der Waals surface area contributed by atoms with Crippen molar-refractivity contribution >= 4 is 34.5 Å². The van der Waals surface area contributed by atoms with Crippen LogP contribution in [0.4, 0.5) is 5.69 Å². The summed E-state index contributed by atoms with van der Waals surface area (Å²) in [5.74, 6) is 0.465. The number of hydrogen-bond donors (Lipinski definition) is 0. The van der Waals surface area contributed by atoms with Crippen LogP contribution in [0.3, 0.4) is 0 Å². The van der Waals surface area contributed by atoms with E-state index in [0.717, 1.165) is 26.2 Å². The fourth-order valence-corrected chi connectivity index (χ4v) is 3.85. The third-order valence-electron chi connectivity index (χ3n) is 4.44. The molecule has 8 nitrogen and oxygen atoms in total. The van der Waals surface area contributed by atoms with Gasteiger partial charge in [0, 0.05) is 38.9 Å². The molecule has 0 bridgehead atoms. The molecular formula is C17H19N7OS. The summed E-state index contributed by atoms with van der Waals surface area (Å²) in [4.78, 5) is 25.2. The Morgan fingerprint density at radius 2 is 1.88 bits per heavy atom. The van der Waals surface area contributed by atoms with Gasteiger partial charge in [0.15, 0.2) is 11.2 Å². The molecule has 0 spiro atoms. The lowest BCUT2D eigenvalue weighted by atomic mass is 10.2. The second-order valence-electron chi connectivity index (χ2n) is 6.06. The third kappa shape index (κ3) is 3.34. The SMILES string of the molecule is Cn1nnc2c(SCC(=O)N3CCN(c4ccccc4)CC3)ncnc21. The van der Waals surface area contributed by atoms with Crippen molar-refractivity contribution in [2.45, 2.75) is 5.03 Å². The number of nitrogens with zero attached hydrogens (tertiary/aromatic N) is 7. The van der Waals surface area contributed by atoms with Gasteiger partial charge in [0.25, 0.3) is 0 Å². The van der Waals surface area contributed by atoms with Gasteiger partial charge in [-0.05, 0) is 12.1 Å². The summed E-state index contributed by atoms with van der Waals surface area (Å²) < 4.78 is 1.60. The number of para-hydroxylation sites is 1. The molecule has 1 saturated heterocycles. The van der Waals surface area contributed by atoms with Crippen LogP contribution in [0.1, 0.15) is 0 Å². The molecule has 0 radical (unpaired) electrons. The monoisotopic (exact) mass is 369 g/mol. The van der Waals surface area contributed by atoms with Crippen molar-refractivity contribution in [1.82, 2.24) is 29.9 Å². The number of thioether (sulfide) groups is 1. The number of fused-ring (bicyclic) bond motifs is 1. The smallest absolute Gasteiger partial charge is 0.233 e. The topological polar surface area (TPSA) is 80.0 Å². The van der Waals surface area contributed by atoms with Crippen LogP contribution in [0, 0.1) is 0 Å². The fourth-order valence-electron chi connectivity index (χ4n) is 3.01. The molecule has 134 valence electrons. The highest BCUT2D eigenvalue weighted by Gasteiger charge is 2.22. The Bertz CT molecular complexity index is 906. The second kappa shape index (κ2) is 7.28. The Kier molecular flexibility index (Phi) is 4.70. The van der Waals surface area contributed by atoms with E-state index >= 15 is 0 Å². The molecule has 1 aliphatic heterocycles. The first-order valence-corrected chi connectivity index (χ1v) is 9.42. The molecule has 1 aliphatic rings. The third-order valence-corrected chi connectivity index (χ3v) is 5.40. The number of amides is 1. The minimum atomic E-state index is 0.123. The fraction of sp³-hybridized carbons (Fsp3) is 0.353. The van der Waals surface area contributed by atoms with E-state index in [9.17, 15) is 4.79 Å². The Labute approximate surface area is 155 Å². The summed E-state index contributed by atoms with van der Waals surface area (Å²) >= 11 is 1.39. The van der Waals surface area contributed by atoms with Gasteiger partial charge < -0.3 is 9.80 Å². The molecule has 3 aromatic rings. The standard InChI is InChI=1S/C17H19N7OS/c1-22-16-15(20-21-22)17(19-12-18-16)26-11-14(25)24-9-7-23(8-10-24)13-5-3-2-4-6-13/h2-6,12H,7-11H2,1H3. The van der Waals surface area contributed by atoms with Crippen LogP contribution in [0.25, 0.3) is 11.2 Å². The lowest BCUT2D eigenvalue weighted by Gasteiger charge is -2.36. The number of anilines is 1. The van der Waals surface area contributed by atoms with Gasteiger partial charge in [-0.2, -0.15) is 0 Å². The van der Waals surface area contributed by atoms with Gasteiger partial charge in [0.2, 0.25) is 5.91 Å². The van der Waals surface area contributed by atoms with Crippen LogP contribution in [-0.4, -0.2) is 67.7 Å². The second-order valence-corrected chi connectivity index (χ2v) is 7.02. The maximum absolute atomic E-state index is 12.6. The number of rotatable bonds is 4. The zero-order valence-corrected chi connectivity index (χ0v) is 15.3. The van der Waals surface area contributed by atoms with Crippen molar-refractivity contribution in [3.63, 3.8) is 0 Å². The molecule has 0 atom stereocenters. The number of carbonyl (C=O) groups excluding carboxylic acids is 1. The Morgan fingerprint density at radius 1 is 1.12 bits per heavy atom. The molecule has 0 N–H and O–H groups in total. The van der Waals surface area contributed by atoms with Gasteiger partial charge in [-0.25, -0.2) is 14.6 Å². The van der Waals surface area contributed by atoms with Gasteiger partial charge in [-0.3, -0.25) is 4.79 Å². The molecule has 1 aromatic carbocycles. The van der Waals surface area contributed by atoms with E-state index in [2.05, 4.69) is 37.3 Å². The van der Waals surface area contributed by atoms with E-state index in [0.29, 0.717) is 21.9 Å². The van der Waals surface area contributed by atoms with E-state index < -0.39 is 0 Å². The quantitative estimate of drug-likeness (QED) is 0.505. The Morgan fingerprint density at radius 3 is 2.65 bits per heavy atom. The molecule has 2 aromatic heterocycles. The maximum Gasteiger partial charge on any atom is 0.233 e. The lowest BCUT2D eigenvalue weighted by Crippen LogP contribution is -2.49. The highest BCUT2D eigenvalue weighted by molar-refractivity contribution is 8.00. The van der Waals surface area contributed by atoms with E-state index in [1.54, 1.807) is 11.7 Å². The van der Waals surface area contributed by atoms with Gasteiger partial charge in [0.1, 0.15) is 11.4 Å². The highest BCUT2D eigenvalue weighted by atomic mass is 32.2. The first-order valence-electron chi connectivity index (χ1n) is 8.43. The largest absolute Gasteiger partial charge is 0.368 e. The van der Waals surface area contributed by atoms with Gasteiger partial charge in [0.05, 0.1) is 5.75 Å². The molecule has 4 rings (SSSR count). The molecule has 9 heteroatoms. The molecule has 26 heavy (non-hydrogen) atoms.